The molecule has 7 nitrogen and oxygen atoms in total. The van der Waals surface area contributed by atoms with Crippen LogP contribution in [0.15, 0.2) is 4.52 Å². The number of amides is 2. The fourth-order valence-electron chi connectivity index (χ4n) is 2.43. The predicted octanol–water partition coefficient (Wildman–Crippen LogP) is 0.682. The van der Waals surface area contributed by atoms with Crippen LogP contribution in [-0.4, -0.2) is 45.5 Å². The summed E-state index contributed by atoms with van der Waals surface area (Å²) in [5.74, 6) is 1.02. The Kier molecular flexibility index (Phi) is 4.59. The average molecular weight is 294 g/mol. The normalized spacial score (nSPS) is 24.1. The van der Waals surface area contributed by atoms with E-state index in [9.17, 15) is 9.59 Å². The van der Waals surface area contributed by atoms with Crippen LogP contribution in [0.4, 0.5) is 0 Å². The lowest BCUT2D eigenvalue weighted by atomic mass is 9.94. The highest BCUT2D eigenvalue weighted by atomic mass is 16.5. The van der Waals surface area contributed by atoms with Gasteiger partial charge in [0.25, 0.3) is 0 Å². The molecule has 3 atom stereocenters. The zero-order chi connectivity index (χ0) is 15.6. The molecule has 1 saturated heterocycles. The van der Waals surface area contributed by atoms with Crippen LogP contribution in [0, 0.1) is 12.8 Å². The molecule has 1 fully saturated rings. The van der Waals surface area contributed by atoms with Crippen LogP contribution < -0.4 is 5.32 Å². The van der Waals surface area contributed by atoms with Gasteiger partial charge in [0.05, 0.1) is 0 Å². The molecule has 116 valence electrons. The lowest BCUT2D eigenvalue weighted by molar-refractivity contribution is -0.150. The number of carbonyl (C=O) groups is 2. The van der Waals surface area contributed by atoms with Crippen molar-refractivity contribution in [2.45, 2.75) is 52.6 Å². The molecule has 2 rings (SSSR count). The van der Waals surface area contributed by atoms with Gasteiger partial charge in [-0.15, -0.1) is 0 Å². The van der Waals surface area contributed by atoms with Gasteiger partial charge >= 0.3 is 0 Å². The highest BCUT2D eigenvalue weighted by Crippen LogP contribution is 2.18. The summed E-state index contributed by atoms with van der Waals surface area (Å²) in [6.45, 7) is 7.86. The lowest BCUT2D eigenvalue weighted by Gasteiger charge is -2.39. The minimum atomic E-state index is -0.471. The molecular weight excluding hydrogens is 272 g/mol. The Balaban J connectivity index is 2.07. The number of rotatable bonds is 5. The fraction of sp³-hybridized carbons (Fsp3) is 0.714. The first-order valence-corrected chi connectivity index (χ1v) is 7.34. The summed E-state index contributed by atoms with van der Waals surface area (Å²) in [6.07, 6.45) is 1.29. The van der Waals surface area contributed by atoms with E-state index in [0.29, 0.717) is 24.7 Å². The van der Waals surface area contributed by atoms with Gasteiger partial charge in [0.1, 0.15) is 12.1 Å². The third-order valence-corrected chi connectivity index (χ3v) is 4.04. The fourth-order valence-corrected chi connectivity index (χ4v) is 2.43. The van der Waals surface area contributed by atoms with Crippen molar-refractivity contribution in [3.8, 4) is 0 Å². The summed E-state index contributed by atoms with van der Waals surface area (Å²) < 4.78 is 5.05. The number of nitrogens with zero attached hydrogens (tertiary/aromatic N) is 3. The Morgan fingerprint density at radius 1 is 1.43 bits per heavy atom. The summed E-state index contributed by atoms with van der Waals surface area (Å²) in [5, 5.41) is 6.54. The van der Waals surface area contributed by atoms with Gasteiger partial charge in [-0.05, 0) is 19.8 Å². The molecule has 0 radical (unpaired) electrons. The Hall–Kier alpha value is -1.92. The van der Waals surface area contributed by atoms with Gasteiger partial charge in [0.2, 0.25) is 17.7 Å². The summed E-state index contributed by atoms with van der Waals surface area (Å²) in [4.78, 5) is 30.3. The second-order valence-corrected chi connectivity index (χ2v) is 5.56. The van der Waals surface area contributed by atoms with Crippen molar-refractivity contribution < 1.29 is 14.1 Å². The highest BCUT2D eigenvalue weighted by Gasteiger charge is 2.39. The number of hydrogen-bond acceptors (Lipinski definition) is 5. The zero-order valence-electron chi connectivity index (χ0n) is 12.9. The van der Waals surface area contributed by atoms with Gasteiger partial charge < -0.3 is 14.7 Å². The zero-order valence-corrected chi connectivity index (χ0v) is 12.9. The molecule has 1 aliphatic heterocycles. The van der Waals surface area contributed by atoms with Gasteiger partial charge in [-0.2, -0.15) is 4.98 Å². The first kappa shape index (κ1) is 15.5. The first-order chi connectivity index (χ1) is 9.93. The molecule has 0 bridgehead atoms. The van der Waals surface area contributed by atoms with Gasteiger partial charge in [-0.3, -0.25) is 9.59 Å². The first-order valence-electron chi connectivity index (χ1n) is 7.34. The smallest absolute Gasteiger partial charge is 0.246 e. The number of aromatic nitrogens is 2. The summed E-state index contributed by atoms with van der Waals surface area (Å²) >= 11 is 0. The molecule has 0 aliphatic carbocycles. The van der Waals surface area contributed by atoms with E-state index in [0.717, 1.165) is 6.42 Å². The van der Waals surface area contributed by atoms with E-state index >= 15 is 0 Å². The topological polar surface area (TPSA) is 88.3 Å². The maximum absolute atomic E-state index is 12.6. The Morgan fingerprint density at radius 2 is 2.14 bits per heavy atom. The molecule has 1 aliphatic rings. The van der Waals surface area contributed by atoms with Crippen molar-refractivity contribution >= 4 is 11.8 Å². The molecule has 0 saturated carbocycles. The Labute approximate surface area is 124 Å². The maximum Gasteiger partial charge on any atom is 0.246 e. The van der Waals surface area contributed by atoms with E-state index < -0.39 is 12.1 Å². The van der Waals surface area contributed by atoms with E-state index in [1.807, 2.05) is 13.8 Å². The van der Waals surface area contributed by atoms with Crippen LogP contribution in [0.1, 0.15) is 38.9 Å². The lowest BCUT2D eigenvalue weighted by Crippen LogP contribution is -2.64. The molecule has 2 amide bonds. The van der Waals surface area contributed by atoms with Crippen LogP contribution in [0.2, 0.25) is 0 Å². The highest BCUT2D eigenvalue weighted by molar-refractivity contribution is 5.96. The largest absolute Gasteiger partial charge is 0.342 e. The second kappa shape index (κ2) is 6.24. The van der Waals surface area contributed by atoms with Gasteiger partial charge in [-0.1, -0.05) is 25.4 Å². The van der Waals surface area contributed by atoms with Crippen molar-refractivity contribution in [1.82, 2.24) is 20.4 Å². The number of aryl methyl sites for hydroxylation is 1. The predicted molar refractivity (Wildman–Crippen MR) is 75.3 cm³/mol. The van der Waals surface area contributed by atoms with Gasteiger partial charge in [-0.25, -0.2) is 0 Å². The van der Waals surface area contributed by atoms with Crippen molar-refractivity contribution in [2.75, 3.05) is 6.54 Å². The molecule has 21 heavy (non-hydrogen) atoms. The molecule has 0 spiro atoms. The number of carbonyl (C=O) groups excluding carboxylic acids is 2. The van der Waals surface area contributed by atoms with Crippen LogP contribution in [0.25, 0.3) is 0 Å². The molecule has 2 heterocycles. The third kappa shape index (κ3) is 3.22. The second-order valence-electron chi connectivity index (χ2n) is 5.56. The van der Waals surface area contributed by atoms with E-state index in [4.69, 9.17) is 4.52 Å². The number of hydrogen-bond donors (Lipinski definition) is 1. The SMILES string of the molecule is CCC(C)C1NC(=O)C(C)N(CCc2nc(C)no2)C1=O. The number of piperazine rings is 1. The van der Waals surface area contributed by atoms with Crippen molar-refractivity contribution in [3.63, 3.8) is 0 Å². The van der Waals surface area contributed by atoms with Crippen molar-refractivity contribution in [1.29, 1.82) is 0 Å². The monoisotopic (exact) mass is 294 g/mol. The van der Waals surface area contributed by atoms with Crippen molar-refractivity contribution in [3.05, 3.63) is 11.7 Å². The molecule has 0 aromatic carbocycles. The van der Waals surface area contributed by atoms with Gasteiger partial charge in [0, 0.05) is 13.0 Å². The summed E-state index contributed by atoms with van der Waals surface area (Å²) in [5.41, 5.74) is 0. The van der Waals surface area contributed by atoms with E-state index in [1.54, 1.807) is 18.7 Å². The minimum Gasteiger partial charge on any atom is -0.342 e. The van der Waals surface area contributed by atoms with Gasteiger partial charge in [0.15, 0.2) is 5.82 Å². The molecule has 1 aromatic rings. The standard InChI is InChI=1S/C14H22N4O3/c1-5-8(2)12-14(20)18(9(3)13(19)16-12)7-6-11-15-10(4)17-21-11/h8-9,12H,5-7H2,1-4H3,(H,16,19). The quantitative estimate of drug-likeness (QED) is 0.863. The molecule has 7 heteroatoms. The summed E-state index contributed by atoms with van der Waals surface area (Å²) in [7, 11) is 0. The molecule has 1 aromatic heterocycles. The van der Waals surface area contributed by atoms with Crippen LogP contribution in [0.3, 0.4) is 0 Å². The van der Waals surface area contributed by atoms with Crippen molar-refractivity contribution in [2.24, 2.45) is 5.92 Å². The maximum atomic E-state index is 12.6. The van der Waals surface area contributed by atoms with Crippen LogP contribution >= 0.6 is 0 Å². The Morgan fingerprint density at radius 3 is 2.71 bits per heavy atom. The molecular formula is C14H22N4O3. The molecule has 1 N–H and O–H groups in total. The van der Waals surface area contributed by atoms with E-state index in [-0.39, 0.29) is 17.7 Å². The number of nitrogens with one attached hydrogen (secondary N) is 1. The average Bonchev–Trinajstić information content (AvgIpc) is 2.87. The third-order valence-electron chi connectivity index (χ3n) is 4.04. The summed E-state index contributed by atoms with van der Waals surface area (Å²) in [6, 6.07) is -0.912. The van der Waals surface area contributed by atoms with E-state index in [2.05, 4.69) is 15.5 Å². The van der Waals surface area contributed by atoms with Crippen LogP contribution in [0.5, 0.6) is 0 Å². The molecule has 3 unspecified atom stereocenters. The minimum absolute atomic E-state index is 0.0345. The van der Waals surface area contributed by atoms with E-state index in [1.165, 1.54) is 0 Å². The van der Waals surface area contributed by atoms with Crippen LogP contribution in [-0.2, 0) is 16.0 Å². The Bertz CT molecular complexity index is 528.